The van der Waals surface area contributed by atoms with Gasteiger partial charge < -0.3 is 10.1 Å². The lowest BCUT2D eigenvalue weighted by molar-refractivity contribution is -0.123. The molecule has 0 atom stereocenters. The van der Waals surface area contributed by atoms with Gasteiger partial charge in [-0.3, -0.25) is 9.52 Å². The van der Waals surface area contributed by atoms with Gasteiger partial charge in [0.2, 0.25) is 10.0 Å². The number of nitrogens with one attached hydrogen (secondary N) is 2. The molecular weight excluding hydrogens is 395 g/mol. The number of hydrogen-bond acceptors (Lipinski definition) is 4. The molecule has 0 unspecified atom stereocenters. The molecule has 0 aliphatic carbocycles. The highest BCUT2D eigenvalue weighted by Crippen LogP contribution is 2.24. The zero-order valence-electron chi connectivity index (χ0n) is 17.3. The number of benzene rings is 2. The molecule has 0 spiro atoms. The van der Waals surface area contributed by atoms with Crippen molar-refractivity contribution in [2.24, 2.45) is 0 Å². The highest BCUT2D eigenvalue weighted by Gasteiger charge is 2.14. The van der Waals surface area contributed by atoms with Crippen LogP contribution in [-0.4, -0.2) is 27.2 Å². The number of rotatable bonds is 7. The molecule has 6 nitrogen and oxygen atoms in total. The Kier molecular flexibility index (Phi) is 6.89. The topological polar surface area (TPSA) is 84.5 Å². The van der Waals surface area contributed by atoms with Crippen LogP contribution in [0, 0.1) is 12.7 Å². The highest BCUT2D eigenvalue weighted by molar-refractivity contribution is 7.92. The Bertz CT molecular complexity index is 981. The van der Waals surface area contributed by atoms with Crippen molar-refractivity contribution in [2.75, 3.05) is 17.6 Å². The standard InChI is InChI=1S/C21H27FN2O4S/c1-14-10-19(24-29(5,26)27)18(22)11-15(14)12-23-20(25)13-28-17-8-6-16(7-9-17)21(2,3)4/h6-11,24H,12-13H2,1-5H3,(H,23,25). The first-order valence-electron chi connectivity index (χ1n) is 9.12. The van der Waals surface area contributed by atoms with E-state index in [1.807, 2.05) is 24.3 Å². The van der Waals surface area contributed by atoms with Gasteiger partial charge in [-0.1, -0.05) is 32.9 Å². The molecule has 2 aromatic rings. The van der Waals surface area contributed by atoms with E-state index in [-0.39, 0.29) is 30.2 Å². The van der Waals surface area contributed by atoms with Crippen LogP contribution in [0.3, 0.4) is 0 Å². The normalized spacial score (nSPS) is 11.8. The molecule has 1 amide bonds. The average Bonchev–Trinajstić information content (AvgIpc) is 2.60. The van der Waals surface area contributed by atoms with Crippen molar-refractivity contribution in [3.63, 3.8) is 0 Å². The fraction of sp³-hybridized carbons (Fsp3) is 0.381. The van der Waals surface area contributed by atoms with Crippen LogP contribution in [0.15, 0.2) is 36.4 Å². The maximum Gasteiger partial charge on any atom is 0.258 e. The van der Waals surface area contributed by atoms with Gasteiger partial charge in [0.05, 0.1) is 11.9 Å². The molecule has 158 valence electrons. The molecule has 0 aromatic heterocycles. The third kappa shape index (κ3) is 7.05. The second-order valence-corrected chi connectivity index (χ2v) is 9.72. The number of hydrogen-bond donors (Lipinski definition) is 2. The van der Waals surface area contributed by atoms with Crippen LogP contribution in [0.4, 0.5) is 10.1 Å². The van der Waals surface area contributed by atoms with E-state index in [0.29, 0.717) is 16.9 Å². The molecule has 0 radical (unpaired) electrons. The number of anilines is 1. The first-order valence-corrected chi connectivity index (χ1v) is 11.0. The van der Waals surface area contributed by atoms with Gasteiger partial charge in [-0.15, -0.1) is 0 Å². The Morgan fingerprint density at radius 1 is 1.14 bits per heavy atom. The fourth-order valence-electron chi connectivity index (χ4n) is 2.64. The van der Waals surface area contributed by atoms with Gasteiger partial charge in [-0.05, 0) is 53.3 Å². The first-order chi connectivity index (χ1) is 13.3. The van der Waals surface area contributed by atoms with E-state index < -0.39 is 15.8 Å². The van der Waals surface area contributed by atoms with Gasteiger partial charge >= 0.3 is 0 Å². The van der Waals surface area contributed by atoms with Crippen LogP contribution >= 0.6 is 0 Å². The van der Waals surface area contributed by atoms with Crippen molar-refractivity contribution in [1.82, 2.24) is 5.32 Å². The average molecular weight is 423 g/mol. The molecule has 0 aliphatic heterocycles. The van der Waals surface area contributed by atoms with Gasteiger partial charge in [0, 0.05) is 6.54 Å². The quantitative estimate of drug-likeness (QED) is 0.715. The largest absolute Gasteiger partial charge is 0.484 e. The van der Waals surface area contributed by atoms with Gasteiger partial charge in [0.1, 0.15) is 11.6 Å². The zero-order valence-corrected chi connectivity index (χ0v) is 18.1. The Morgan fingerprint density at radius 3 is 2.31 bits per heavy atom. The van der Waals surface area contributed by atoms with Crippen LogP contribution in [0.5, 0.6) is 5.75 Å². The minimum Gasteiger partial charge on any atom is -0.484 e. The van der Waals surface area contributed by atoms with E-state index in [0.717, 1.165) is 6.26 Å². The van der Waals surface area contributed by atoms with E-state index in [4.69, 9.17) is 4.74 Å². The SMILES string of the molecule is Cc1cc(NS(C)(=O)=O)c(F)cc1CNC(=O)COc1ccc(C(C)(C)C)cc1. The lowest BCUT2D eigenvalue weighted by atomic mass is 9.87. The Morgan fingerprint density at radius 2 is 1.76 bits per heavy atom. The molecule has 29 heavy (non-hydrogen) atoms. The van der Waals surface area contributed by atoms with Gasteiger partial charge in [0.25, 0.3) is 5.91 Å². The molecule has 8 heteroatoms. The van der Waals surface area contributed by atoms with Crippen LogP contribution in [-0.2, 0) is 26.8 Å². The molecule has 0 heterocycles. The summed E-state index contributed by atoms with van der Waals surface area (Å²) >= 11 is 0. The molecule has 0 aliphatic rings. The lowest BCUT2D eigenvalue weighted by Crippen LogP contribution is -2.28. The van der Waals surface area contributed by atoms with Crippen molar-refractivity contribution >= 4 is 21.6 Å². The predicted molar refractivity (Wildman–Crippen MR) is 112 cm³/mol. The summed E-state index contributed by atoms with van der Waals surface area (Å²) in [6.45, 7) is 8.00. The summed E-state index contributed by atoms with van der Waals surface area (Å²) in [6.07, 6.45) is 0.951. The minimum atomic E-state index is -3.58. The van der Waals surface area contributed by atoms with Crippen molar-refractivity contribution < 1.29 is 22.3 Å². The van der Waals surface area contributed by atoms with E-state index in [1.165, 1.54) is 17.7 Å². The predicted octanol–water partition coefficient (Wildman–Crippen LogP) is 3.50. The summed E-state index contributed by atoms with van der Waals surface area (Å²) in [5, 5.41) is 2.67. The van der Waals surface area contributed by atoms with Crippen molar-refractivity contribution in [3.05, 3.63) is 58.9 Å². The molecular formula is C21H27FN2O4S. The lowest BCUT2D eigenvalue weighted by Gasteiger charge is -2.19. The fourth-order valence-corrected chi connectivity index (χ4v) is 3.19. The first kappa shape index (κ1) is 22.7. The van der Waals surface area contributed by atoms with E-state index >= 15 is 0 Å². The molecule has 0 saturated carbocycles. The van der Waals surface area contributed by atoms with Gasteiger partial charge in [-0.25, -0.2) is 12.8 Å². The molecule has 0 fully saturated rings. The number of sulfonamides is 1. The Balaban J connectivity index is 1.91. The molecule has 2 rings (SSSR count). The van der Waals surface area contributed by atoms with Crippen LogP contribution < -0.4 is 14.8 Å². The Hall–Kier alpha value is -2.61. The second-order valence-electron chi connectivity index (χ2n) is 7.97. The van der Waals surface area contributed by atoms with Crippen molar-refractivity contribution in [1.29, 1.82) is 0 Å². The van der Waals surface area contributed by atoms with E-state index in [9.17, 15) is 17.6 Å². The van der Waals surface area contributed by atoms with Crippen LogP contribution in [0.2, 0.25) is 0 Å². The summed E-state index contributed by atoms with van der Waals surface area (Å²) in [5.74, 6) is -0.463. The third-order valence-corrected chi connectivity index (χ3v) is 4.88. The number of carbonyl (C=O) groups excluding carboxylic acids is 1. The molecule has 0 bridgehead atoms. The number of aryl methyl sites for hydroxylation is 1. The van der Waals surface area contributed by atoms with E-state index in [2.05, 4.69) is 30.8 Å². The molecule has 0 saturated heterocycles. The summed E-state index contributed by atoms with van der Waals surface area (Å²) in [7, 11) is -3.58. The Labute approximate surface area is 171 Å². The van der Waals surface area contributed by atoms with Crippen molar-refractivity contribution in [2.45, 2.75) is 39.7 Å². The van der Waals surface area contributed by atoms with Crippen LogP contribution in [0.1, 0.15) is 37.5 Å². The van der Waals surface area contributed by atoms with E-state index in [1.54, 1.807) is 6.92 Å². The van der Waals surface area contributed by atoms with Crippen LogP contribution in [0.25, 0.3) is 0 Å². The van der Waals surface area contributed by atoms with Crippen molar-refractivity contribution in [3.8, 4) is 5.75 Å². The smallest absolute Gasteiger partial charge is 0.258 e. The number of ether oxygens (including phenoxy) is 1. The minimum absolute atomic E-state index is 0.0371. The highest BCUT2D eigenvalue weighted by atomic mass is 32.2. The third-order valence-electron chi connectivity index (χ3n) is 4.29. The number of halogens is 1. The molecule has 2 N–H and O–H groups in total. The zero-order chi connectivity index (χ0) is 21.8. The van der Waals surface area contributed by atoms with Gasteiger partial charge in [-0.2, -0.15) is 0 Å². The summed E-state index contributed by atoms with van der Waals surface area (Å²) in [6, 6.07) is 10.2. The summed E-state index contributed by atoms with van der Waals surface area (Å²) in [5.41, 5.74) is 2.28. The maximum atomic E-state index is 14.1. The number of carbonyl (C=O) groups is 1. The van der Waals surface area contributed by atoms with Gasteiger partial charge in [0.15, 0.2) is 6.61 Å². The second kappa shape index (κ2) is 8.82. The monoisotopic (exact) mass is 422 g/mol. The maximum absolute atomic E-state index is 14.1. The summed E-state index contributed by atoms with van der Waals surface area (Å²) in [4.78, 5) is 12.0. The molecule has 2 aromatic carbocycles. The number of amides is 1. The summed E-state index contributed by atoms with van der Waals surface area (Å²) < 4.78 is 44.3.